The van der Waals surface area contributed by atoms with Gasteiger partial charge in [-0.25, -0.2) is 0 Å². The lowest BCUT2D eigenvalue weighted by Crippen LogP contribution is -2.23. The molecule has 0 unspecified atom stereocenters. The molecule has 0 heterocycles. The van der Waals surface area contributed by atoms with Crippen molar-refractivity contribution >= 4 is 17.2 Å². The Labute approximate surface area is 90.0 Å². The Morgan fingerprint density at radius 1 is 1.21 bits per heavy atom. The zero-order chi connectivity index (χ0) is 10.2. The standard InChI is InChI=1S/C11H15NOS/c13-9-5-4-8-12-11(14)10-6-2-1-3-7-10/h1-3,6-7,13H,4-5,8-9H2,(H,12,14). The fourth-order valence-corrected chi connectivity index (χ4v) is 1.37. The van der Waals surface area contributed by atoms with Gasteiger partial charge in [0.15, 0.2) is 0 Å². The maximum Gasteiger partial charge on any atom is 0.106 e. The van der Waals surface area contributed by atoms with Crippen LogP contribution in [0.25, 0.3) is 0 Å². The van der Waals surface area contributed by atoms with Gasteiger partial charge >= 0.3 is 0 Å². The quantitative estimate of drug-likeness (QED) is 0.572. The molecule has 2 nitrogen and oxygen atoms in total. The molecule has 76 valence electrons. The molecule has 0 aliphatic heterocycles. The Kier molecular flexibility index (Phi) is 5.19. The van der Waals surface area contributed by atoms with Gasteiger partial charge in [-0.05, 0) is 12.8 Å². The minimum Gasteiger partial charge on any atom is -0.396 e. The molecule has 1 rings (SSSR count). The van der Waals surface area contributed by atoms with Crippen molar-refractivity contribution in [3.8, 4) is 0 Å². The average molecular weight is 209 g/mol. The molecule has 2 N–H and O–H groups in total. The monoisotopic (exact) mass is 209 g/mol. The highest BCUT2D eigenvalue weighted by Gasteiger charge is 1.97. The Morgan fingerprint density at radius 2 is 1.93 bits per heavy atom. The van der Waals surface area contributed by atoms with Crippen molar-refractivity contribution in [2.45, 2.75) is 12.8 Å². The number of aliphatic hydroxyl groups excluding tert-OH is 1. The summed E-state index contributed by atoms with van der Waals surface area (Å²) < 4.78 is 0. The largest absolute Gasteiger partial charge is 0.396 e. The maximum atomic E-state index is 8.59. The lowest BCUT2D eigenvalue weighted by atomic mass is 10.2. The van der Waals surface area contributed by atoms with Crippen LogP contribution in [-0.4, -0.2) is 23.2 Å². The Morgan fingerprint density at radius 3 is 2.57 bits per heavy atom. The van der Waals surface area contributed by atoms with Crippen molar-refractivity contribution < 1.29 is 5.11 Å². The van der Waals surface area contributed by atoms with Crippen molar-refractivity contribution in [1.29, 1.82) is 0 Å². The van der Waals surface area contributed by atoms with E-state index in [1.807, 2.05) is 30.3 Å². The van der Waals surface area contributed by atoms with Crippen LogP contribution in [-0.2, 0) is 0 Å². The summed E-state index contributed by atoms with van der Waals surface area (Å²) in [6, 6.07) is 9.88. The Balaban J connectivity index is 2.29. The van der Waals surface area contributed by atoms with Crippen LogP contribution in [0.1, 0.15) is 18.4 Å². The van der Waals surface area contributed by atoms with E-state index in [4.69, 9.17) is 17.3 Å². The Hall–Kier alpha value is -0.930. The van der Waals surface area contributed by atoms with Crippen LogP contribution in [0.3, 0.4) is 0 Å². The van der Waals surface area contributed by atoms with Crippen molar-refractivity contribution in [3.05, 3.63) is 35.9 Å². The van der Waals surface area contributed by atoms with Gasteiger partial charge in [0.2, 0.25) is 0 Å². The molecule has 0 spiro atoms. The zero-order valence-corrected chi connectivity index (χ0v) is 8.89. The number of hydrogen-bond donors (Lipinski definition) is 2. The predicted molar refractivity (Wildman–Crippen MR) is 62.5 cm³/mol. The summed E-state index contributed by atoms with van der Waals surface area (Å²) in [7, 11) is 0. The normalized spacial score (nSPS) is 9.79. The maximum absolute atomic E-state index is 8.59. The number of thiocarbonyl (C=S) groups is 1. The van der Waals surface area contributed by atoms with Gasteiger partial charge in [0.05, 0.1) is 0 Å². The van der Waals surface area contributed by atoms with Crippen molar-refractivity contribution in [2.24, 2.45) is 0 Å². The fraction of sp³-hybridized carbons (Fsp3) is 0.364. The van der Waals surface area contributed by atoms with Gasteiger partial charge in [-0.2, -0.15) is 0 Å². The average Bonchev–Trinajstić information content (AvgIpc) is 2.25. The highest BCUT2D eigenvalue weighted by Crippen LogP contribution is 1.99. The molecule has 0 aliphatic rings. The van der Waals surface area contributed by atoms with Crippen LogP contribution in [0.4, 0.5) is 0 Å². The van der Waals surface area contributed by atoms with E-state index in [0.29, 0.717) is 0 Å². The van der Waals surface area contributed by atoms with E-state index in [-0.39, 0.29) is 6.61 Å². The van der Waals surface area contributed by atoms with E-state index in [0.717, 1.165) is 29.9 Å². The van der Waals surface area contributed by atoms with E-state index in [9.17, 15) is 0 Å². The third-order valence-electron chi connectivity index (χ3n) is 1.91. The van der Waals surface area contributed by atoms with Crippen molar-refractivity contribution in [2.75, 3.05) is 13.2 Å². The van der Waals surface area contributed by atoms with Crippen LogP contribution < -0.4 is 5.32 Å². The van der Waals surface area contributed by atoms with Crippen molar-refractivity contribution in [1.82, 2.24) is 5.32 Å². The molecule has 0 amide bonds. The summed E-state index contributed by atoms with van der Waals surface area (Å²) >= 11 is 5.20. The minimum atomic E-state index is 0.250. The molecule has 0 atom stereocenters. The molecule has 0 bridgehead atoms. The van der Waals surface area contributed by atoms with Crippen LogP contribution >= 0.6 is 12.2 Å². The SMILES string of the molecule is OCCCCNC(=S)c1ccccc1. The van der Waals surface area contributed by atoms with Crippen LogP contribution in [0.5, 0.6) is 0 Å². The second-order valence-corrected chi connectivity index (χ2v) is 3.46. The summed E-state index contributed by atoms with van der Waals surface area (Å²) in [5, 5.41) is 11.7. The first kappa shape index (κ1) is 11.1. The number of benzene rings is 1. The van der Waals surface area contributed by atoms with E-state index < -0.39 is 0 Å². The lowest BCUT2D eigenvalue weighted by molar-refractivity contribution is 0.285. The summed E-state index contributed by atoms with van der Waals surface area (Å²) in [6.45, 7) is 1.08. The third-order valence-corrected chi connectivity index (χ3v) is 2.29. The lowest BCUT2D eigenvalue weighted by Gasteiger charge is -2.06. The van der Waals surface area contributed by atoms with Gasteiger partial charge in [-0.3, -0.25) is 0 Å². The van der Waals surface area contributed by atoms with Crippen LogP contribution in [0, 0.1) is 0 Å². The van der Waals surface area contributed by atoms with Gasteiger partial charge in [0, 0.05) is 18.7 Å². The molecule has 0 aromatic heterocycles. The summed E-state index contributed by atoms with van der Waals surface area (Å²) in [6.07, 6.45) is 1.77. The zero-order valence-electron chi connectivity index (χ0n) is 8.07. The number of nitrogens with one attached hydrogen (secondary N) is 1. The highest BCUT2D eigenvalue weighted by molar-refractivity contribution is 7.80. The van der Waals surface area contributed by atoms with E-state index >= 15 is 0 Å². The van der Waals surface area contributed by atoms with Crippen molar-refractivity contribution in [3.63, 3.8) is 0 Å². The fourth-order valence-electron chi connectivity index (χ4n) is 1.13. The first-order valence-electron chi connectivity index (χ1n) is 4.78. The molecule has 0 saturated heterocycles. The molecule has 0 radical (unpaired) electrons. The van der Waals surface area contributed by atoms with Gasteiger partial charge in [-0.1, -0.05) is 42.5 Å². The topological polar surface area (TPSA) is 32.3 Å². The predicted octanol–water partition coefficient (Wildman–Crippen LogP) is 1.72. The van der Waals surface area contributed by atoms with Crippen LogP contribution in [0.2, 0.25) is 0 Å². The number of rotatable bonds is 5. The molecule has 1 aromatic rings. The molecule has 1 aromatic carbocycles. The van der Waals surface area contributed by atoms with E-state index in [1.165, 1.54) is 0 Å². The molecular formula is C11H15NOS. The second kappa shape index (κ2) is 6.51. The Bertz CT molecular complexity index is 274. The summed E-state index contributed by atoms with van der Waals surface area (Å²) in [5.74, 6) is 0. The molecule has 0 fully saturated rings. The second-order valence-electron chi connectivity index (χ2n) is 3.05. The minimum absolute atomic E-state index is 0.250. The smallest absolute Gasteiger partial charge is 0.106 e. The third kappa shape index (κ3) is 3.85. The number of hydrogen-bond acceptors (Lipinski definition) is 2. The number of aliphatic hydroxyl groups is 1. The van der Waals surface area contributed by atoms with Gasteiger partial charge in [-0.15, -0.1) is 0 Å². The van der Waals surface area contributed by atoms with E-state index in [2.05, 4.69) is 5.32 Å². The number of unbranched alkanes of at least 4 members (excludes halogenated alkanes) is 1. The molecule has 0 saturated carbocycles. The summed E-state index contributed by atoms with van der Waals surface area (Å²) in [5.41, 5.74) is 1.05. The summed E-state index contributed by atoms with van der Waals surface area (Å²) in [4.78, 5) is 0.781. The van der Waals surface area contributed by atoms with Gasteiger partial charge < -0.3 is 10.4 Å². The van der Waals surface area contributed by atoms with Crippen LogP contribution in [0.15, 0.2) is 30.3 Å². The molecule has 0 aliphatic carbocycles. The molecular weight excluding hydrogens is 194 g/mol. The molecule has 14 heavy (non-hydrogen) atoms. The first-order valence-corrected chi connectivity index (χ1v) is 5.19. The van der Waals surface area contributed by atoms with E-state index in [1.54, 1.807) is 0 Å². The van der Waals surface area contributed by atoms with Gasteiger partial charge in [0.25, 0.3) is 0 Å². The van der Waals surface area contributed by atoms with Gasteiger partial charge in [0.1, 0.15) is 4.99 Å². The molecule has 3 heteroatoms. The first-order chi connectivity index (χ1) is 6.84. The highest BCUT2D eigenvalue weighted by atomic mass is 32.1.